The lowest BCUT2D eigenvalue weighted by Crippen LogP contribution is -2.44. The number of hydrogen-bond donors (Lipinski definition) is 1. The van der Waals surface area contributed by atoms with E-state index in [4.69, 9.17) is 59.2 Å². The molecule has 0 amide bonds. The molecule has 0 unspecified atom stereocenters. The quantitative estimate of drug-likeness (QED) is 0.0251. The van der Waals surface area contributed by atoms with E-state index in [1.54, 1.807) is 55.3 Å². The number of anilines is 1. The molecule has 14 nitrogen and oxygen atoms in total. The van der Waals surface area contributed by atoms with Crippen LogP contribution in [0.2, 0.25) is 18.1 Å². The number of esters is 1. The average molecular weight is 856 g/mol. The Bertz CT molecular complexity index is 998. The maximum absolute atomic E-state index is 11.1. The number of nitrogen functional groups attached to an aromatic ring is 1. The molecule has 0 spiro atoms. The van der Waals surface area contributed by atoms with E-state index >= 15 is 0 Å². The van der Waals surface area contributed by atoms with Crippen molar-refractivity contribution in [3.8, 4) is 0 Å². The fraction of sp³-hybridized carbons (Fsp3) is 0.649. The average Bonchev–Trinajstić information content (AvgIpc) is 3.19. The Kier molecular flexibility index (Phi) is 43.9. The molecule has 1 aromatic rings. The normalized spacial score (nSPS) is 10.9. The topological polar surface area (TPSA) is 154 Å². The molecule has 2 N–H and O–H groups in total. The number of benzene rings is 1. The minimum absolute atomic E-state index is 0.316. The zero-order valence-electron chi connectivity index (χ0n) is 36.4. The highest BCUT2D eigenvalue weighted by atomic mass is 28.4. The summed E-state index contributed by atoms with van der Waals surface area (Å²) in [5, 5.41) is 0. The summed E-state index contributed by atoms with van der Waals surface area (Å²) in [6.07, 6.45) is 3.53. The van der Waals surface area contributed by atoms with E-state index in [1.165, 1.54) is 0 Å². The third-order valence-electron chi connectivity index (χ3n) is 6.78. The highest BCUT2D eigenvalue weighted by Crippen LogP contribution is 2.15. The SMILES string of the molecule is C=C(C)C(=O)OCCC[Si](OC)(OC)OC.C=CC[SiH](OCC)OCC.C=C[Si](OCC)(OCC)OCC.CCC[Si](OC)(OC)OC.Nc1ccccc1. The number of hydrogen-bond acceptors (Lipinski definition) is 14. The first-order chi connectivity index (χ1) is 26.2. The molecular formula is C37H77NO13Si4. The molecule has 0 heterocycles. The molecule has 0 bridgehead atoms. The molecule has 0 aliphatic heterocycles. The summed E-state index contributed by atoms with van der Waals surface area (Å²) in [5.41, 5.74) is 8.25. The summed E-state index contributed by atoms with van der Waals surface area (Å²) in [6.45, 7) is 27.8. The van der Waals surface area contributed by atoms with Crippen LogP contribution in [0.1, 0.15) is 61.3 Å². The molecule has 0 saturated heterocycles. The van der Waals surface area contributed by atoms with Crippen LogP contribution in [-0.2, 0) is 58.2 Å². The van der Waals surface area contributed by atoms with Gasteiger partial charge in [0.05, 0.1) is 6.61 Å². The highest BCUT2D eigenvalue weighted by molar-refractivity contribution is 6.66. The molecule has 18 heteroatoms. The van der Waals surface area contributed by atoms with Crippen molar-refractivity contribution < 1.29 is 58.2 Å². The first kappa shape index (κ1) is 59.8. The van der Waals surface area contributed by atoms with Gasteiger partial charge >= 0.3 is 41.7 Å². The maximum Gasteiger partial charge on any atom is 0.528 e. The molecule has 324 valence electrons. The Morgan fingerprint density at radius 3 is 1.38 bits per heavy atom. The highest BCUT2D eigenvalue weighted by Gasteiger charge is 2.38. The van der Waals surface area contributed by atoms with Crippen LogP contribution in [0.5, 0.6) is 0 Å². The van der Waals surface area contributed by atoms with Crippen LogP contribution < -0.4 is 5.73 Å². The van der Waals surface area contributed by atoms with Gasteiger partial charge < -0.3 is 59.2 Å². The molecule has 0 saturated carbocycles. The van der Waals surface area contributed by atoms with Gasteiger partial charge in [-0.2, -0.15) is 0 Å². The Hall–Kier alpha value is -1.86. The van der Waals surface area contributed by atoms with Gasteiger partial charge in [0.2, 0.25) is 0 Å². The van der Waals surface area contributed by atoms with Crippen LogP contribution in [0.3, 0.4) is 0 Å². The first-order valence-corrected chi connectivity index (χ1v) is 26.0. The monoisotopic (exact) mass is 855 g/mol. The van der Waals surface area contributed by atoms with E-state index in [0.29, 0.717) is 44.5 Å². The van der Waals surface area contributed by atoms with Gasteiger partial charge in [-0.1, -0.05) is 50.8 Å². The lowest BCUT2D eigenvalue weighted by Gasteiger charge is -2.24. The number of carbonyl (C=O) groups is 1. The maximum atomic E-state index is 11.1. The van der Waals surface area contributed by atoms with Crippen LogP contribution in [0.25, 0.3) is 0 Å². The number of rotatable bonds is 26. The fourth-order valence-electron chi connectivity index (χ4n) is 4.05. The van der Waals surface area contributed by atoms with E-state index in [-0.39, 0.29) is 5.97 Å². The van der Waals surface area contributed by atoms with Gasteiger partial charge in [0.1, 0.15) is 0 Å². The second-order valence-corrected chi connectivity index (χ2v) is 21.4. The minimum atomic E-state index is -2.53. The Morgan fingerprint density at radius 1 is 0.709 bits per heavy atom. The van der Waals surface area contributed by atoms with E-state index in [2.05, 4.69) is 26.7 Å². The largest absolute Gasteiger partial charge is 0.528 e. The van der Waals surface area contributed by atoms with E-state index in [1.807, 2.05) is 71.0 Å². The van der Waals surface area contributed by atoms with Crippen molar-refractivity contribution in [2.75, 3.05) is 88.0 Å². The smallest absolute Gasteiger partial charge is 0.462 e. The number of para-hydroxylation sites is 1. The van der Waals surface area contributed by atoms with Gasteiger partial charge in [-0.05, 0) is 65.8 Å². The van der Waals surface area contributed by atoms with E-state index in [0.717, 1.165) is 37.4 Å². The van der Waals surface area contributed by atoms with Gasteiger partial charge in [0.25, 0.3) is 0 Å². The van der Waals surface area contributed by atoms with E-state index in [9.17, 15) is 4.79 Å². The molecular weight excluding hydrogens is 779 g/mol. The van der Waals surface area contributed by atoms with Gasteiger partial charge in [0.15, 0.2) is 0 Å². The van der Waals surface area contributed by atoms with Crippen LogP contribution in [0.4, 0.5) is 5.69 Å². The van der Waals surface area contributed by atoms with Crippen molar-refractivity contribution in [3.63, 3.8) is 0 Å². The zero-order chi connectivity index (χ0) is 43.0. The molecule has 0 fully saturated rings. The number of ether oxygens (including phenoxy) is 1. The molecule has 55 heavy (non-hydrogen) atoms. The van der Waals surface area contributed by atoms with Gasteiger partial charge in [-0.15, -0.1) is 6.58 Å². The molecule has 1 aromatic carbocycles. The lowest BCUT2D eigenvalue weighted by atomic mass is 10.3. The summed E-state index contributed by atoms with van der Waals surface area (Å²) >= 11 is 0. The summed E-state index contributed by atoms with van der Waals surface area (Å²) in [7, 11) is 0.960. The Balaban J connectivity index is -0.000000302. The predicted octanol–water partition coefficient (Wildman–Crippen LogP) is 7.14. The van der Waals surface area contributed by atoms with Gasteiger partial charge in [-0.3, -0.25) is 0 Å². The number of nitrogens with two attached hydrogens (primary N) is 1. The minimum Gasteiger partial charge on any atom is -0.462 e. The third kappa shape index (κ3) is 31.9. The van der Waals surface area contributed by atoms with Crippen LogP contribution >= 0.6 is 0 Å². The molecule has 0 aliphatic rings. The van der Waals surface area contributed by atoms with E-state index < -0.39 is 35.7 Å². The van der Waals surface area contributed by atoms with Crippen LogP contribution in [0.15, 0.2) is 67.4 Å². The summed E-state index contributed by atoms with van der Waals surface area (Å²) in [5.74, 6) is -0.375. The summed E-state index contributed by atoms with van der Waals surface area (Å²) < 4.78 is 63.2. The number of carbonyl (C=O) groups excluding carboxylic acids is 1. The standard InChI is InChI=1S/C10H20O5Si.C8H18O3Si.C7H16O2Si.C6H7N.C6H16O3Si/c1-9(2)10(11)15-7-6-8-16(12-3,13-4)14-5;1-5-9-12(8-4,10-6-2)11-7-3;1-4-7-10(8-5-2)9-6-3;7-6-4-2-1-3-5-6;1-5-6-10(7-2,8-3)9-4/h1,6-8H2,2-5H3;8H,4-7H2,1-3H3;4,10H,1,5-7H2,2-3H3;1-5H,7H2;5-6H2,1-4H3. The molecule has 0 aliphatic carbocycles. The second kappa shape index (κ2) is 40.3. The molecule has 0 atom stereocenters. The van der Waals surface area contributed by atoms with Crippen LogP contribution in [-0.4, -0.2) is 124 Å². The van der Waals surface area contributed by atoms with Crippen molar-refractivity contribution >= 4 is 47.4 Å². The fourth-order valence-corrected chi connectivity index (χ4v) is 10.7. The van der Waals surface area contributed by atoms with Crippen molar-refractivity contribution in [2.45, 2.75) is 79.4 Å². The van der Waals surface area contributed by atoms with Crippen molar-refractivity contribution in [1.82, 2.24) is 0 Å². The summed E-state index contributed by atoms with van der Waals surface area (Å²) in [4.78, 5) is 11.1. The van der Waals surface area contributed by atoms with Crippen molar-refractivity contribution in [1.29, 1.82) is 0 Å². The predicted molar refractivity (Wildman–Crippen MR) is 231 cm³/mol. The summed E-state index contributed by atoms with van der Waals surface area (Å²) in [6, 6.07) is 11.9. The van der Waals surface area contributed by atoms with Crippen molar-refractivity contribution in [2.24, 2.45) is 0 Å². The molecule has 0 radical (unpaired) electrons. The second-order valence-electron chi connectivity index (χ2n) is 10.7. The Morgan fingerprint density at radius 2 is 1.13 bits per heavy atom. The Labute approximate surface area is 339 Å². The molecule has 0 aromatic heterocycles. The van der Waals surface area contributed by atoms with Crippen LogP contribution in [0, 0.1) is 0 Å². The van der Waals surface area contributed by atoms with Gasteiger partial charge in [-0.25, -0.2) is 4.79 Å². The lowest BCUT2D eigenvalue weighted by molar-refractivity contribution is -0.139. The number of allylic oxidation sites excluding steroid dienone is 1. The van der Waals surface area contributed by atoms with Gasteiger partial charge in [0, 0.05) is 105 Å². The molecule has 1 rings (SSSR count). The first-order valence-electron chi connectivity index (χ1n) is 18.6. The zero-order valence-corrected chi connectivity index (χ0v) is 40.6. The van der Waals surface area contributed by atoms with Crippen molar-refractivity contribution in [3.05, 3.63) is 67.4 Å². The third-order valence-corrected chi connectivity index (χ3v) is 17.3.